The lowest BCUT2D eigenvalue weighted by atomic mass is 10.0. The van der Waals surface area contributed by atoms with E-state index < -0.39 is 0 Å². The summed E-state index contributed by atoms with van der Waals surface area (Å²) in [6.45, 7) is 4.33. The van der Waals surface area contributed by atoms with Gasteiger partial charge in [0.2, 0.25) is 0 Å². The fraction of sp³-hybridized carbons (Fsp3) is 0.600. The van der Waals surface area contributed by atoms with Crippen molar-refractivity contribution in [2.45, 2.75) is 32.6 Å². The highest BCUT2D eigenvalue weighted by Gasteiger charge is 2.11. The van der Waals surface area contributed by atoms with Crippen LogP contribution in [-0.4, -0.2) is 17.0 Å². The van der Waals surface area contributed by atoms with Gasteiger partial charge in [0.15, 0.2) is 0 Å². The molecule has 0 spiro atoms. The van der Waals surface area contributed by atoms with Gasteiger partial charge in [-0.3, -0.25) is 0 Å². The van der Waals surface area contributed by atoms with Crippen molar-refractivity contribution in [3.63, 3.8) is 0 Å². The van der Waals surface area contributed by atoms with Gasteiger partial charge in [0.05, 0.1) is 4.47 Å². The number of nitrogens with one attached hydrogen (secondary N) is 1. The summed E-state index contributed by atoms with van der Waals surface area (Å²) in [5, 5.41) is 3.04. The molecule has 0 saturated heterocycles. The molecule has 0 aliphatic heterocycles. The largest absolute Gasteiger partial charge is 0.372 e. The zero-order valence-corrected chi connectivity index (χ0v) is 10.4. The van der Waals surface area contributed by atoms with E-state index in [-0.39, 0.29) is 0 Å². The van der Waals surface area contributed by atoms with E-state index in [1.165, 1.54) is 0 Å². The Bertz CT molecular complexity index is 297. The van der Waals surface area contributed by atoms with Crippen LogP contribution in [0.3, 0.4) is 0 Å². The van der Waals surface area contributed by atoms with Crippen LogP contribution in [0.1, 0.15) is 38.4 Å². The van der Waals surface area contributed by atoms with Crippen molar-refractivity contribution in [1.29, 1.82) is 0 Å². The van der Waals surface area contributed by atoms with E-state index in [9.17, 15) is 0 Å². The summed E-state index contributed by atoms with van der Waals surface area (Å²) in [4.78, 5) is 8.79. The van der Waals surface area contributed by atoms with Crippen LogP contribution in [0.4, 0.5) is 5.82 Å². The highest BCUT2D eigenvalue weighted by molar-refractivity contribution is 9.10. The molecule has 0 saturated carbocycles. The van der Waals surface area contributed by atoms with E-state index in [1.54, 1.807) is 0 Å². The predicted molar refractivity (Wildman–Crippen MR) is 62.6 cm³/mol. The van der Waals surface area contributed by atoms with Gasteiger partial charge in [0.1, 0.15) is 11.6 Å². The standard InChI is InChI=1S/C10H16BrN3/c1-4-7(5-2)9-13-6-8(11)10(12-3)14-9/h6-7H,4-5H2,1-3H3,(H,12,13,14). The smallest absolute Gasteiger partial charge is 0.143 e. The van der Waals surface area contributed by atoms with Gasteiger partial charge in [-0.05, 0) is 28.8 Å². The lowest BCUT2D eigenvalue weighted by molar-refractivity contribution is 0.602. The second kappa shape index (κ2) is 5.29. The molecular weight excluding hydrogens is 242 g/mol. The van der Waals surface area contributed by atoms with Crippen LogP contribution in [0, 0.1) is 0 Å². The van der Waals surface area contributed by atoms with Crippen molar-refractivity contribution >= 4 is 21.7 Å². The first-order valence-corrected chi connectivity index (χ1v) is 5.72. The number of hydrogen-bond donors (Lipinski definition) is 1. The maximum atomic E-state index is 4.46. The zero-order chi connectivity index (χ0) is 10.6. The number of nitrogens with zero attached hydrogens (tertiary/aromatic N) is 2. The Morgan fingerprint density at radius 2 is 2.07 bits per heavy atom. The molecule has 1 aromatic rings. The summed E-state index contributed by atoms with van der Waals surface area (Å²) in [5.41, 5.74) is 0. The predicted octanol–water partition coefficient (Wildman–Crippen LogP) is 3.18. The minimum absolute atomic E-state index is 0.468. The summed E-state index contributed by atoms with van der Waals surface area (Å²) >= 11 is 3.40. The molecule has 0 unspecified atom stereocenters. The van der Waals surface area contributed by atoms with Crippen molar-refractivity contribution in [2.75, 3.05) is 12.4 Å². The van der Waals surface area contributed by atoms with Crippen molar-refractivity contribution in [1.82, 2.24) is 9.97 Å². The Kier molecular flexibility index (Phi) is 4.32. The van der Waals surface area contributed by atoms with Gasteiger partial charge in [-0.15, -0.1) is 0 Å². The molecule has 1 aromatic heterocycles. The average Bonchev–Trinajstić information content (AvgIpc) is 2.22. The number of anilines is 1. The quantitative estimate of drug-likeness (QED) is 0.901. The summed E-state index contributed by atoms with van der Waals surface area (Å²) in [6.07, 6.45) is 3.98. The van der Waals surface area contributed by atoms with Crippen LogP contribution < -0.4 is 5.32 Å². The molecule has 14 heavy (non-hydrogen) atoms. The lowest BCUT2D eigenvalue weighted by Crippen LogP contribution is -2.05. The number of aromatic nitrogens is 2. The SMILES string of the molecule is CCC(CC)c1ncc(Br)c(NC)n1. The van der Waals surface area contributed by atoms with E-state index in [1.807, 2.05) is 13.2 Å². The van der Waals surface area contributed by atoms with E-state index in [0.717, 1.165) is 29.0 Å². The second-order valence-electron chi connectivity index (χ2n) is 3.19. The third-order valence-electron chi connectivity index (χ3n) is 2.35. The van der Waals surface area contributed by atoms with Crippen LogP contribution in [-0.2, 0) is 0 Å². The first kappa shape index (κ1) is 11.4. The van der Waals surface area contributed by atoms with Crippen molar-refractivity contribution in [3.8, 4) is 0 Å². The molecule has 0 amide bonds. The van der Waals surface area contributed by atoms with Crippen molar-refractivity contribution in [2.24, 2.45) is 0 Å². The topological polar surface area (TPSA) is 37.8 Å². The summed E-state index contributed by atoms with van der Waals surface area (Å²) in [5.74, 6) is 2.26. The van der Waals surface area contributed by atoms with Gasteiger partial charge < -0.3 is 5.32 Å². The Hall–Kier alpha value is -0.640. The highest BCUT2D eigenvalue weighted by Crippen LogP contribution is 2.24. The van der Waals surface area contributed by atoms with E-state index in [2.05, 4.69) is 45.1 Å². The van der Waals surface area contributed by atoms with Gasteiger partial charge in [-0.2, -0.15) is 0 Å². The van der Waals surface area contributed by atoms with Crippen molar-refractivity contribution in [3.05, 3.63) is 16.5 Å². The maximum absolute atomic E-state index is 4.46. The summed E-state index contributed by atoms with van der Waals surface area (Å²) in [7, 11) is 1.86. The number of halogens is 1. The van der Waals surface area contributed by atoms with E-state index in [0.29, 0.717) is 5.92 Å². The van der Waals surface area contributed by atoms with Crippen LogP contribution >= 0.6 is 15.9 Å². The fourth-order valence-corrected chi connectivity index (χ4v) is 1.80. The minimum Gasteiger partial charge on any atom is -0.372 e. The van der Waals surface area contributed by atoms with Crippen LogP contribution in [0.5, 0.6) is 0 Å². The molecular formula is C10H16BrN3. The monoisotopic (exact) mass is 257 g/mol. The van der Waals surface area contributed by atoms with Crippen LogP contribution in [0.25, 0.3) is 0 Å². The van der Waals surface area contributed by atoms with Gasteiger partial charge in [-0.25, -0.2) is 9.97 Å². The van der Waals surface area contributed by atoms with Gasteiger partial charge >= 0.3 is 0 Å². The fourth-order valence-electron chi connectivity index (χ4n) is 1.41. The molecule has 0 atom stereocenters. The number of hydrogen-bond acceptors (Lipinski definition) is 3. The molecule has 1 heterocycles. The first-order valence-electron chi connectivity index (χ1n) is 4.93. The maximum Gasteiger partial charge on any atom is 0.143 e. The minimum atomic E-state index is 0.468. The third-order valence-corrected chi connectivity index (χ3v) is 2.93. The molecule has 3 nitrogen and oxygen atoms in total. The van der Waals surface area contributed by atoms with Crippen LogP contribution in [0.15, 0.2) is 10.7 Å². The third kappa shape index (κ3) is 2.44. The molecule has 4 heteroatoms. The van der Waals surface area contributed by atoms with Gasteiger partial charge in [0, 0.05) is 19.2 Å². The normalized spacial score (nSPS) is 10.6. The van der Waals surface area contributed by atoms with Gasteiger partial charge in [0.25, 0.3) is 0 Å². The first-order chi connectivity index (χ1) is 6.72. The Morgan fingerprint density at radius 3 is 2.57 bits per heavy atom. The molecule has 0 fully saturated rings. The molecule has 0 aliphatic rings. The zero-order valence-electron chi connectivity index (χ0n) is 8.84. The average molecular weight is 258 g/mol. The molecule has 78 valence electrons. The molecule has 0 aliphatic carbocycles. The van der Waals surface area contributed by atoms with Crippen LogP contribution in [0.2, 0.25) is 0 Å². The number of rotatable bonds is 4. The Balaban J connectivity index is 2.98. The molecule has 0 radical (unpaired) electrons. The van der Waals surface area contributed by atoms with E-state index in [4.69, 9.17) is 0 Å². The lowest BCUT2D eigenvalue weighted by Gasteiger charge is -2.12. The Labute approximate surface area is 93.5 Å². The van der Waals surface area contributed by atoms with E-state index >= 15 is 0 Å². The highest BCUT2D eigenvalue weighted by atomic mass is 79.9. The molecule has 0 aromatic carbocycles. The summed E-state index contributed by atoms with van der Waals surface area (Å²) in [6, 6.07) is 0. The second-order valence-corrected chi connectivity index (χ2v) is 4.04. The molecule has 1 rings (SSSR count). The summed E-state index contributed by atoms with van der Waals surface area (Å²) < 4.78 is 0.912. The molecule has 0 bridgehead atoms. The molecule has 1 N–H and O–H groups in total. The van der Waals surface area contributed by atoms with Crippen molar-refractivity contribution < 1.29 is 0 Å². The Morgan fingerprint density at radius 1 is 1.43 bits per heavy atom. The van der Waals surface area contributed by atoms with Gasteiger partial charge in [-0.1, -0.05) is 13.8 Å².